The molecule has 0 aliphatic rings. The summed E-state index contributed by atoms with van der Waals surface area (Å²) in [6.07, 6.45) is 1.85. The average molecular weight is 461 g/mol. The SMILES string of the molecule is CC(=O)C(C)(C)OCc1cc(-c2cccc(OCC(C)C)c2)n(-c2cccc3cnn(C)c23)n1. The number of hydrogen-bond acceptors (Lipinski definition) is 5. The van der Waals surface area contributed by atoms with Crippen LogP contribution in [0.1, 0.15) is 40.3 Å². The van der Waals surface area contributed by atoms with Crippen molar-refractivity contribution in [2.45, 2.75) is 46.8 Å². The maximum absolute atomic E-state index is 11.9. The Morgan fingerprint density at radius 1 is 1.12 bits per heavy atom. The van der Waals surface area contributed by atoms with Gasteiger partial charge in [0.25, 0.3) is 0 Å². The summed E-state index contributed by atoms with van der Waals surface area (Å²) in [5.41, 5.74) is 3.63. The summed E-state index contributed by atoms with van der Waals surface area (Å²) in [5, 5.41) is 10.4. The highest BCUT2D eigenvalue weighted by Crippen LogP contribution is 2.31. The number of ketones is 1. The molecule has 2 aromatic heterocycles. The molecule has 4 rings (SSSR count). The molecule has 0 saturated carbocycles. The van der Waals surface area contributed by atoms with E-state index in [2.05, 4.69) is 18.9 Å². The third kappa shape index (κ3) is 4.89. The normalized spacial score (nSPS) is 12.0. The maximum Gasteiger partial charge on any atom is 0.161 e. The molecule has 7 nitrogen and oxygen atoms in total. The van der Waals surface area contributed by atoms with Gasteiger partial charge in [-0.1, -0.05) is 38.1 Å². The number of aromatic nitrogens is 4. The number of ether oxygens (including phenoxy) is 2. The second-order valence-corrected chi connectivity index (χ2v) is 9.50. The van der Waals surface area contributed by atoms with Gasteiger partial charge in [-0.25, -0.2) is 4.68 Å². The Morgan fingerprint density at radius 2 is 1.88 bits per heavy atom. The van der Waals surface area contributed by atoms with Crippen molar-refractivity contribution in [3.8, 4) is 22.7 Å². The Morgan fingerprint density at radius 3 is 2.62 bits per heavy atom. The Bertz CT molecular complexity index is 1320. The number of carbonyl (C=O) groups is 1. The number of aryl methyl sites for hydroxylation is 1. The first-order chi connectivity index (χ1) is 16.2. The molecule has 0 saturated heterocycles. The molecule has 2 heterocycles. The molecule has 0 spiro atoms. The van der Waals surface area contributed by atoms with Gasteiger partial charge in [-0.2, -0.15) is 10.2 Å². The number of para-hydroxylation sites is 1. The first-order valence-corrected chi connectivity index (χ1v) is 11.5. The van der Waals surface area contributed by atoms with E-state index in [0.29, 0.717) is 12.5 Å². The molecular weight excluding hydrogens is 428 g/mol. The van der Waals surface area contributed by atoms with Crippen molar-refractivity contribution in [1.29, 1.82) is 0 Å². The minimum atomic E-state index is -0.878. The highest BCUT2D eigenvalue weighted by atomic mass is 16.5. The Hall–Kier alpha value is -3.45. The predicted octanol–water partition coefficient (Wildman–Crippen LogP) is 5.35. The number of Topliss-reactive ketones (excluding diaryl/α,β-unsaturated/α-hetero) is 1. The minimum absolute atomic E-state index is 0.0261. The molecule has 34 heavy (non-hydrogen) atoms. The fraction of sp³-hybridized carbons (Fsp3) is 0.370. The molecule has 0 radical (unpaired) electrons. The van der Waals surface area contributed by atoms with Crippen LogP contribution >= 0.6 is 0 Å². The number of rotatable bonds is 9. The molecule has 0 N–H and O–H groups in total. The second-order valence-electron chi connectivity index (χ2n) is 9.50. The van der Waals surface area contributed by atoms with Crippen LogP contribution in [0.3, 0.4) is 0 Å². The van der Waals surface area contributed by atoms with Gasteiger partial charge >= 0.3 is 0 Å². The standard InChI is InChI=1S/C27H32N4O3/c1-18(2)16-33-23-11-7-9-20(13-23)25-14-22(17-34-27(4,5)19(3)32)29-31(25)24-12-8-10-21-15-28-30(6)26(21)24/h7-15,18H,16-17H2,1-6H3. The van der Waals surface area contributed by atoms with Crippen molar-refractivity contribution in [1.82, 2.24) is 19.6 Å². The van der Waals surface area contributed by atoms with Crippen molar-refractivity contribution in [2.24, 2.45) is 13.0 Å². The van der Waals surface area contributed by atoms with Gasteiger partial charge in [0.15, 0.2) is 5.78 Å². The highest BCUT2D eigenvalue weighted by molar-refractivity contribution is 5.87. The molecule has 2 aromatic carbocycles. The van der Waals surface area contributed by atoms with E-state index in [1.807, 2.05) is 71.1 Å². The molecule has 0 fully saturated rings. The van der Waals surface area contributed by atoms with Crippen LogP contribution in [0, 0.1) is 5.92 Å². The van der Waals surface area contributed by atoms with Gasteiger partial charge in [0.2, 0.25) is 0 Å². The van der Waals surface area contributed by atoms with Gasteiger partial charge in [0.1, 0.15) is 11.4 Å². The van der Waals surface area contributed by atoms with Crippen LogP contribution in [0.5, 0.6) is 5.75 Å². The van der Waals surface area contributed by atoms with Gasteiger partial charge in [-0.3, -0.25) is 9.48 Å². The first-order valence-electron chi connectivity index (χ1n) is 11.5. The zero-order valence-electron chi connectivity index (χ0n) is 20.7. The summed E-state index contributed by atoms with van der Waals surface area (Å²) in [5.74, 6) is 1.22. The summed E-state index contributed by atoms with van der Waals surface area (Å²) < 4.78 is 15.7. The Balaban J connectivity index is 1.80. The van der Waals surface area contributed by atoms with E-state index in [0.717, 1.165) is 39.3 Å². The van der Waals surface area contributed by atoms with Crippen molar-refractivity contribution < 1.29 is 14.3 Å². The zero-order chi connectivity index (χ0) is 24.5. The van der Waals surface area contributed by atoms with Crippen LogP contribution in [0.15, 0.2) is 54.7 Å². The summed E-state index contributed by atoms with van der Waals surface area (Å²) in [4.78, 5) is 11.9. The maximum atomic E-state index is 11.9. The highest BCUT2D eigenvalue weighted by Gasteiger charge is 2.25. The van der Waals surface area contributed by atoms with Crippen LogP contribution in [0.2, 0.25) is 0 Å². The van der Waals surface area contributed by atoms with Crippen LogP contribution in [-0.4, -0.2) is 37.6 Å². The van der Waals surface area contributed by atoms with Crippen molar-refractivity contribution in [3.63, 3.8) is 0 Å². The fourth-order valence-corrected chi connectivity index (χ4v) is 3.64. The number of fused-ring (bicyclic) bond motifs is 1. The van der Waals surface area contributed by atoms with Crippen molar-refractivity contribution >= 4 is 16.7 Å². The zero-order valence-corrected chi connectivity index (χ0v) is 20.7. The molecule has 4 aromatic rings. The third-order valence-electron chi connectivity index (χ3n) is 5.87. The topological polar surface area (TPSA) is 71.2 Å². The lowest BCUT2D eigenvalue weighted by Crippen LogP contribution is -2.32. The summed E-state index contributed by atoms with van der Waals surface area (Å²) >= 11 is 0. The van der Waals surface area contributed by atoms with Gasteiger partial charge in [0.05, 0.1) is 42.0 Å². The predicted molar refractivity (Wildman–Crippen MR) is 133 cm³/mol. The summed E-state index contributed by atoms with van der Waals surface area (Å²) in [6.45, 7) is 10.2. The molecule has 0 aliphatic carbocycles. The molecule has 0 unspecified atom stereocenters. The van der Waals surface area contributed by atoms with E-state index in [-0.39, 0.29) is 12.4 Å². The molecular formula is C27H32N4O3. The van der Waals surface area contributed by atoms with E-state index < -0.39 is 5.60 Å². The molecule has 0 bridgehead atoms. The van der Waals surface area contributed by atoms with E-state index >= 15 is 0 Å². The molecule has 0 amide bonds. The number of hydrogen-bond donors (Lipinski definition) is 0. The van der Waals surface area contributed by atoms with Crippen molar-refractivity contribution in [2.75, 3.05) is 6.61 Å². The average Bonchev–Trinajstić information content (AvgIpc) is 3.40. The molecule has 0 atom stereocenters. The number of benzene rings is 2. The first kappa shape index (κ1) is 23.7. The third-order valence-corrected chi connectivity index (χ3v) is 5.87. The number of nitrogens with zero attached hydrogens (tertiary/aromatic N) is 4. The quantitative estimate of drug-likeness (QED) is 0.337. The van der Waals surface area contributed by atoms with Crippen LogP contribution in [0.25, 0.3) is 27.8 Å². The molecule has 0 aliphatic heterocycles. The molecule has 178 valence electrons. The smallest absolute Gasteiger partial charge is 0.161 e. The van der Waals surface area contributed by atoms with Gasteiger partial charge < -0.3 is 9.47 Å². The van der Waals surface area contributed by atoms with Crippen LogP contribution < -0.4 is 4.74 Å². The van der Waals surface area contributed by atoms with E-state index in [1.165, 1.54) is 6.92 Å². The fourth-order valence-electron chi connectivity index (χ4n) is 3.64. The van der Waals surface area contributed by atoms with Gasteiger partial charge in [-0.05, 0) is 51.0 Å². The monoisotopic (exact) mass is 460 g/mol. The van der Waals surface area contributed by atoms with Crippen LogP contribution in [-0.2, 0) is 23.2 Å². The number of carbonyl (C=O) groups excluding carboxylic acids is 1. The van der Waals surface area contributed by atoms with Gasteiger partial charge in [-0.15, -0.1) is 0 Å². The van der Waals surface area contributed by atoms with E-state index in [9.17, 15) is 4.79 Å². The Kier molecular flexibility index (Phi) is 6.57. The van der Waals surface area contributed by atoms with Gasteiger partial charge in [0, 0.05) is 18.0 Å². The minimum Gasteiger partial charge on any atom is -0.493 e. The summed E-state index contributed by atoms with van der Waals surface area (Å²) in [6, 6.07) is 16.1. The lowest BCUT2D eigenvalue weighted by molar-refractivity contribution is -0.139. The van der Waals surface area contributed by atoms with E-state index in [1.54, 1.807) is 13.8 Å². The van der Waals surface area contributed by atoms with E-state index in [4.69, 9.17) is 14.6 Å². The second kappa shape index (κ2) is 9.43. The van der Waals surface area contributed by atoms with Crippen molar-refractivity contribution in [3.05, 3.63) is 60.4 Å². The lowest BCUT2D eigenvalue weighted by Gasteiger charge is -2.21. The molecule has 7 heteroatoms. The Labute approximate surface area is 200 Å². The van der Waals surface area contributed by atoms with Crippen LogP contribution in [0.4, 0.5) is 0 Å². The summed E-state index contributed by atoms with van der Waals surface area (Å²) in [7, 11) is 1.93. The lowest BCUT2D eigenvalue weighted by atomic mass is 10.1. The largest absolute Gasteiger partial charge is 0.493 e.